The lowest BCUT2D eigenvalue weighted by Crippen LogP contribution is -2.56. The second-order valence-corrected chi connectivity index (χ2v) is 13.6. The van der Waals surface area contributed by atoms with E-state index < -0.39 is 47.6 Å². The van der Waals surface area contributed by atoms with Crippen molar-refractivity contribution in [3.05, 3.63) is 82.9 Å². The second kappa shape index (κ2) is 14.9. The fraction of sp³-hybridized carbons (Fsp3) is 0.459. The molecule has 0 radical (unpaired) electrons. The Morgan fingerprint density at radius 2 is 1.73 bits per heavy atom. The highest BCUT2D eigenvalue weighted by atomic mass is 79.9. The van der Waals surface area contributed by atoms with Crippen LogP contribution in [-0.2, 0) is 28.7 Å². The van der Waals surface area contributed by atoms with Crippen molar-refractivity contribution in [2.45, 2.75) is 57.0 Å². The average Bonchev–Trinajstić information content (AvgIpc) is 3.70. The monoisotopic (exact) mass is 734 g/mol. The largest absolute Gasteiger partial charge is 0.455 e. The first-order valence-electron chi connectivity index (χ1n) is 17.0. The van der Waals surface area contributed by atoms with Gasteiger partial charge in [0.2, 0.25) is 11.8 Å². The molecule has 2 saturated heterocycles. The highest BCUT2D eigenvalue weighted by Crippen LogP contribution is 2.59. The number of nitrogens with zero attached hydrogens (tertiary/aromatic N) is 3. The Kier molecular flexibility index (Phi) is 10.6. The molecule has 4 aliphatic heterocycles. The fourth-order valence-electron chi connectivity index (χ4n) is 7.57. The Hall–Kier alpha value is -4.00. The normalized spacial score (nSPS) is 29.4. The number of amides is 3. The zero-order valence-electron chi connectivity index (χ0n) is 27.8. The smallest absolute Gasteiger partial charge is 0.313 e. The van der Waals surface area contributed by atoms with Crippen LogP contribution in [0.15, 0.2) is 77.3 Å². The van der Waals surface area contributed by atoms with Crippen molar-refractivity contribution < 1.29 is 33.8 Å². The highest BCUT2D eigenvalue weighted by Gasteiger charge is 2.75. The fourth-order valence-corrected chi connectivity index (χ4v) is 8.31. The summed E-state index contributed by atoms with van der Waals surface area (Å²) in [5.41, 5.74) is 0.908. The first-order chi connectivity index (χ1) is 23.7. The number of carbonyl (C=O) groups excluding carboxylic acids is 4. The van der Waals surface area contributed by atoms with E-state index in [1.54, 1.807) is 11.0 Å². The van der Waals surface area contributed by atoms with Crippen LogP contribution < -0.4 is 15.1 Å². The molecule has 4 aliphatic rings. The lowest BCUT2D eigenvalue weighted by Gasteiger charge is -2.36. The third-order valence-corrected chi connectivity index (χ3v) is 10.6. The molecule has 11 nitrogen and oxygen atoms in total. The number of hydrogen-bond donors (Lipinski definition) is 2. The summed E-state index contributed by atoms with van der Waals surface area (Å²) in [6.45, 7) is 5.99. The molecule has 3 amide bonds. The molecule has 6 atom stereocenters. The maximum Gasteiger partial charge on any atom is 0.313 e. The van der Waals surface area contributed by atoms with Gasteiger partial charge < -0.3 is 34.6 Å². The highest BCUT2D eigenvalue weighted by molar-refractivity contribution is 9.11. The summed E-state index contributed by atoms with van der Waals surface area (Å²) in [5, 5.41) is 12.7. The van der Waals surface area contributed by atoms with Crippen molar-refractivity contribution >= 4 is 51.0 Å². The average molecular weight is 736 g/mol. The van der Waals surface area contributed by atoms with E-state index in [1.165, 1.54) is 4.90 Å². The zero-order valence-corrected chi connectivity index (χ0v) is 29.4. The molecule has 2 fully saturated rings. The molecule has 4 heterocycles. The minimum Gasteiger partial charge on any atom is -0.455 e. The van der Waals surface area contributed by atoms with Crippen molar-refractivity contribution in [1.82, 2.24) is 10.2 Å². The summed E-state index contributed by atoms with van der Waals surface area (Å²) in [5.74, 6) is -3.69. The van der Waals surface area contributed by atoms with Crippen LogP contribution in [0.1, 0.15) is 44.8 Å². The number of hydrogen-bond acceptors (Lipinski definition) is 8. The van der Waals surface area contributed by atoms with Crippen LogP contribution in [0.25, 0.3) is 0 Å². The number of aliphatic hydroxyl groups is 1. The molecule has 2 N–H and O–H groups in total. The van der Waals surface area contributed by atoms with E-state index in [-0.39, 0.29) is 50.9 Å². The number of fused-ring (bicyclic) bond motifs is 2. The van der Waals surface area contributed by atoms with Crippen molar-refractivity contribution in [3.63, 3.8) is 0 Å². The van der Waals surface area contributed by atoms with E-state index in [0.29, 0.717) is 22.2 Å². The van der Waals surface area contributed by atoms with Crippen molar-refractivity contribution in [1.29, 1.82) is 0 Å². The number of halogens is 1. The SMILES string of the molecule is CCN(CC)c1ccc(N2C/C=C\CCC(=O)NC[C@@H](c3ccccc3)OC(=O)[C@@H]3[C@H]4O[C@@]5(C=C4Br)[C@H](C2=O)N(CCCO)C(=O)[C@@H]35)cc1. The van der Waals surface area contributed by atoms with Crippen molar-refractivity contribution in [3.8, 4) is 0 Å². The lowest BCUT2D eigenvalue weighted by atomic mass is 9.74. The number of anilines is 2. The molecule has 49 heavy (non-hydrogen) atoms. The number of esters is 1. The van der Waals surface area contributed by atoms with Gasteiger partial charge in [-0.05, 0) is 62.6 Å². The van der Waals surface area contributed by atoms with Crippen molar-refractivity contribution in [2.24, 2.45) is 11.8 Å². The Morgan fingerprint density at radius 1 is 1.00 bits per heavy atom. The van der Waals surface area contributed by atoms with Gasteiger partial charge in [0, 0.05) is 55.1 Å². The second-order valence-electron chi connectivity index (χ2n) is 12.7. The summed E-state index contributed by atoms with van der Waals surface area (Å²) >= 11 is 3.59. The van der Waals surface area contributed by atoms with Gasteiger partial charge in [0.1, 0.15) is 29.8 Å². The number of ether oxygens (including phenoxy) is 2. The number of carbonyl (C=O) groups is 4. The zero-order chi connectivity index (χ0) is 34.7. The summed E-state index contributed by atoms with van der Waals surface area (Å²) < 4.78 is 13.3. The van der Waals surface area contributed by atoms with Gasteiger partial charge in [-0.25, -0.2) is 0 Å². The molecular weight excluding hydrogens is 692 g/mol. The summed E-state index contributed by atoms with van der Waals surface area (Å²) in [6.07, 6.45) is 4.74. The number of likely N-dealkylation sites (tertiary alicyclic amines) is 1. The number of benzene rings is 2. The summed E-state index contributed by atoms with van der Waals surface area (Å²) in [4.78, 5) is 61.7. The van der Waals surface area contributed by atoms with Gasteiger partial charge in [-0.2, -0.15) is 0 Å². The van der Waals surface area contributed by atoms with Crippen LogP contribution in [0.5, 0.6) is 0 Å². The third kappa shape index (κ3) is 6.53. The van der Waals surface area contributed by atoms with E-state index in [4.69, 9.17) is 9.47 Å². The van der Waals surface area contributed by atoms with Crippen LogP contribution in [0.3, 0.4) is 0 Å². The number of aliphatic hydroxyl groups excluding tert-OH is 1. The van der Waals surface area contributed by atoms with E-state index in [1.807, 2.05) is 66.7 Å². The summed E-state index contributed by atoms with van der Waals surface area (Å²) in [7, 11) is 0. The van der Waals surface area contributed by atoms with Crippen molar-refractivity contribution in [2.75, 3.05) is 49.1 Å². The molecule has 6 rings (SSSR count). The first-order valence-corrected chi connectivity index (χ1v) is 17.8. The minimum absolute atomic E-state index is 0.0539. The quantitative estimate of drug-likeness (QED) is 0.309. The molecule has 0 saturated carbocycles. The molecule has 0 unspecified atom stereocenters. The molecule has 0 aromatic heterocycles. The van der Waals surface area contributed by atoms with E-state index in [0.717, 1.165) is 18.8 Å². The number of nitrogens with one attached hydrogen (secondary N) is 1. The van der Waals surface area contributed by atoms with E-state index in [2.05, 4.69) is 40.0 Å². The molecule has 2 aromatic carbocycles. The maximum absolute atomic E-state index is 15.0. The molecule has 1 spiro atoms. The lowest BCUT2D eigenvalue weighted by molar-refractivity contribution is -0.159. The predicted molar refractivity (Wildman–Crippen MR) is 188 cm³/mol. The van der Waals surface area contributed by atoms with Gasteiger partial charge in [0.05, 0.1) is 12.5 Å². The van der Waals surface area contributed by atoms with Crippen LogP contribution in [0.4, 0.5) is 11.4 Å². The number of cyclic esters (lactones) is 1. The molecule has 2 aromatic rings. The van der Waals surface area contributed by atoms with Gasteiger partial charge in [-0.3, -0.25) is 19.2 Å². The van der Waals surface area contributed by atoms with Gasteiger partial charge in [-0.1, -0.05) is 58.4 Å². The third-order valence-electron chi connectivity index (χ3n) is 9.95. The predicted octanol–water partition coefficient (Wildman–Crippen LogP) is 3.87. The topological polar surface area (TPSA) is 129 Å². The number of allylic oxidation sites excluding steroid dienone is 1. The molecule has 0 aliphatic carbocycles. The maximum atomic E-state index is 15.0. The molecule has 5 bridgehead atoms. The molecular formula is C37H43BrN4O7. The van der Waals surface area contributed by atoms with E-state index >= 15 is 0 Å². The Balaban J connectivity index is 1.43. The summed E-state index contributed by atoms with van der Waals surface area (Å²) in [6, 6.07) is 15.8. The Morgan fingerprint density at radius 3 is 2.43 bits per heavy atom. The van der Waals surface area contributed by atoms with Gasteiger partial charge in [-0.15, -0.1) is 0 Å². The Labute approximate surface area is 295 Å². The first kappa shape index (κ1) is 34.8. The van der Waals surface area contributed by atoms with Gasteiger partial charge >= 0.3 is 5.97 Å². The van der Waals surface area contributed by atoms with E-state index in [9.17, 15) is 24.3 Å². The van der Waals surface area contributed by atoms with Crippen LogP contribution >= 0.6 is 15.9 Å². The molecule has 12 heteroatoms. The van der Waals surface area contributed by atoms with Crippen LogP contribution in [0, 0.1) is 11.8 Å². The Bertz CT molecular complexity index is 1610. The molecule has 260 valence electrons. The standard InChI is InChI=1S/C37H43BrN4O7/c1-3-40(4-2)25-15-17-26(18-16-25)41-19-10-6-9-14-29(44)39-23-28(24-12-7-5-8-13-24)48-36(47)30-31-34(45)42(20-11-21-43)33(35(41)46)37(31)22-27(38)32(30)49-37/h5-8,10,12-13,15-18,22,28,30-33,43H,3-4,9,11,14,19-21,23H2,1-2H3,(H,39,44)/b10-6-/t28-,30-,31+,32-,33-,37+/m0/s1. The number of rotatable bonds is 8. The van der Waals surface area contributed by atoms with Gasteiger partial charge in [0.25, 0.3) is 5.91 Å². The van der Waals surface area contributed by atoms with Crippen LogP contribution in [0.2, 0.25) is 0 Å². The van der Waals surface area contributed by atoms with Gasteiger partial charge in [0.15, 0.2) is 0 Å². The van der Waals surface area contributed by atoms with Crippen LogP contribution in [-0.4, -0.2) is 90.8 Å². The minimum atomic E-state index is -1.44.